The van der Waals surface area contributed by atoms with Crippen molar-refractivity contribution in [3.8, 4) is 0 Å². The molecule has 2 aromatic carbocycles. The number of carbonyl (C=O) groups excluding carboxylic acids is 1. The highest BCUT2D eigenvalue weighted by molar-refractivity contribution is 6.35. The smallest absolute Gasteiger partial charge is 0.319 e. The minimum atomic E-state index is -0.878. The standard InChI is InChI=1S/C21H23Cl3N2O3/c1-12(2)20(27)25-21(28)26-10-16(11-26)29-19(13-3-5-14(22)6-4-13)17-8-7-15(23)9-18(17)24/h3-9,12,16,19-20,27H,10-11H2,1-2H3,(H,25,28). The number of halogens is 3. The Balaban J connectivity index is 1.71. The summed E-state index contributed by atoms with van der Waals surface area (Å²) >= 11 is 18.5. The van der Waals surface area contributed by atoms with Gasteiger partial charge in [-0.2, -0.15) is 0 Å². The highest BCUT2D eigenvalue weighted by Gasteiger charge is 2.35. The molecule has 0 bridgehead atoms. The first-order chi connectivity index (χ1) is 13.7. The second kappa shape index (κ2) is 9.54. The summed E-state index contributed by atoms with van der Waals surface area (Å²) in [6, 6.07) is 12.3. The van der Waals surface area contributed by atoms with Gasteiger partial charge in [0.05, 0.1) is 19.2 Å². The lowest BCUT2D eigenvalue weighted by Gasteiger charge is -2.41. The maximum Gasteiger partial charge on any atom is 0.319 e. The van der Waals surface area contributed by atoms with Gasteiger partial charge in [-0.3, -0.25) is 0 Å². The number of nitrogens with zero attached hydrogens (tertiary/aromatic N) is 1. The molecule has 2 unspecified atom stereocenters. The van der Waals surface area contributed by atoms with Crippen molar-refractivity contribution >= 4 is 40.8 Å². The lowest BCUT2D eigenvalue weighted by molar-refractivity contribution is -0.0665. The van der Waals surface area contributed by atoms with Crippen LogP contribution < -0.4 is 5.32 Å². The van der Waals surface area contributed by atoms with Crippen molar-refractivity contribution in [2.24, 2.45) is 5.92 Å². The summed E-state index contributed by atoms with van der Waals surface area (Å²) in [5, 5.41) is 14.1. The van der Waals surface area contributed by atoms with Gasteiger partial charge in [-0.15, -0.1) is 0 Å². The second-order valence-electron chi connectivity index (χ2n) is 7.40. The van der Waals surface area contributed by atoms with Gasteiger partial charge in [-0.05, 0) is 35.7 Å². The Morgan fingerprint density at radius 2 is 1.72 bits per heavy atom. The summed E-state index contributed by atoms with van der Waals surface area (Å²) in [6.07, 6.45) is -1.46. The molecule has 2 amide bonds. The molecule has 5 nitrogen and oxygen atoms in total. The van der Waals surface area contributed by atoms with Crippen molar-refractivity contribution in [1.82, 2.24) is 10.2 Å². The number of likely N-dealkylation sites (tertiary alicyclic amines) is 1. The maximum absolute atomic E-state index is 12.2. The molecule has 1 fully saturated rings. The Labute approximate surface area is 185 Å². The van der Waals surface area contributed by atoms with E-state index in [1.54, 1.807) is 29.2 Å². The third kappa shape index (κ3) is 5.56. The van der Waals surface area contributed by atoms with Crippen LogP contribution in [0.2, 0.25) is 15.1 Å². The molecule has 2 N–H and O–H groups in total. The predicted molar refractivity (Wildman–Crippen MR) is 116 cm³/mol. The molecule has 0 radical (unpaired) electrons. The van der Waals surface area contributed by atoms with Crippen molar-refractivity contribution in [3.05, 3.63) is 68.7 Å². The minimum Gasteiger partial charge on any atom is -0.373 e. The van der Waals surface area contributed by atoms with Crippen molar-refractivity contribution < 1.29 is 14.6 Å². The van der Waals surface area contributed by atoms with Crippen LogP contribution in [0.4, 0.5) is 4.79 Å². The van der Waals surface area contributed by atoms with E-state index in [9.17, 15) is 9.90 Å². The van der Waals surface area contributed by atoms with Crippen molar-refractivity contribution in [2.45, 2.75) is 32.3 Å². The molecule has 0 saturated carbocycles. The first-order valence-electron chi connectivity index (χ1n) is 9.34. The molecular weight excluding hydrogens is 435 g/mol. The fourth-order valence-corrected chi connectivity index (χ4v) is 3.58. The highest BCUT2D eigenvalue weighted by atomic mass is 35.5. The highest BCUT2D eigenvalue weighted by Crippen LogP contribution is 2.35. The quantitative estimate of drug-likeness (QED) is 0.592. The van der Waals surface area contributed by atoms with Crippen LogP contribution in [0.15, 0.2) is 42.5 Å². The van der Waals surface area contributed by atoms with Gasteiger partial charge in [0.1, 0.15) is 12.3 Å². The molecule has 2 atom stereocenters. The van der Waals surface area contributed by atoms with E-state index in [2.05, 4.69) is 5.32 Å². The number of benzene rings is 2. The van der Waals surface area contributed by atoms with E-state index in [1.165, 1.54) is 0 Å². The lowest BCUT2D eigenvalue weighted by atomic mass is 10.0. The molecule has 1 saturated heterocycles. The number of ether oxygens (including phenoxy) is 1. The van der Waals surface area contributed by atoms with Gasteiger partial charge in [0.2, 0.25) is 0 Å². The van der Waals surface area contributed by atoms with Crippen LogP contribution in [-0.2, 0) is 4.74 Å². The number of urea groups is 1. The van der Waals surface area contributed by atoms with Crippen LogP contribution in [0.3, 0.4) is 0 Å². The summed E-state index contributed by atoms with van der Waals surface area (Å²) in [4.78, 5) is 13.8. The molecule has 0 aliphatic carbocycles. The molecule has 1 aliphatic heterocycles. The first-order valence-corrected chi connectivity index (χ1v) is 10.5. The Kier molecular flexibility index (Phi) is 7.30. The van der Waals surface area contributed by atoms with E-state index in [0.717, 1.165) is 11.1 Å². The summed E-state index contributed by atoms with van der Waals surface area (Å²) in [5.41, 5.74) is 1.69. The number of aliphatic hydroxyl groups is 1. The van der Waals surface area contributed by atoms with Gasteiger partial charge in [-0.1, -0.05) is 66.8 Å². The largest absolute Gasteiger partial charge is 0.373 e. The molecule has 8 heteroatoms. The van der Waals surface area contributed by atoms with Crippen LogP contribution in [0.5, 0.6) is 0 Å². The van der Waals surface area contributed by atoms with Gasteiger partial charge in [0, 0.05) is 20.6 Å². The van der Waals surface area contributed by atoms with E-state index in [0.29, 0.717) is 28.2 Å². The molecule has 156 valence electrons. The fourth-order valence-electron chi connectivity index (χ4n) is 2.95. The van der Waals surface area contributed by atoms with Gasteiger partial charge >= 0.3 is 6.03 Å². The summed E-state index contributed by atoms with van der Waals surface area (Å²) in [7, 11) is 0. The van der Waals surface area contributed by atoms with E-state index >= 15 is 0 Å². The molecule has 1 aliphatic rings. The summed E-state index contributed by atoms with van der Waals surface area (Å²) in [6.45, 7) is 4.51. The van der Waals surface area contributed by atoms with Gasteiger partial charge < -0.3 is 20.1 Å². The third-order valence-electron chi connectivity index (χ3n) is 4.78. The van der Waals surface area contributed by atoms with Crippen LogP contribution >= 0.6 is 34.8 Å². The van der Waals surface area contributed by atoms with Crippen molar-refractivity contribution in [3.63, 3.8) is 0 Å². The number of hydrogen-bond acceptors (Lipinski definition) is 3. The van der Waals surface area contributed by atoms with Gasteiger partial charge in [0.25, 0.3) is 0 Å². The minimum absolute atomic E-state index is 0.0615. The average molecular weight is 458 g/mol. The van der Waals surface area contributed by atoms with Crippen LogP contribution in [-0.4, -0.2) is 41.5 Å². The van der Waals surface area contributed by atoms with Crippen molar-refractivity contribution in [1.29, 1.82) is 0 Å². The van der Waals surface area contributed by atoms with E-state index in [4.69, 9.17) is 39.5 Å². The topological polar surface area (TPSA) is 61.8 Å². The molecule has 0 spiro atoms. The lowest BCUT2D eigenvalue weighted by Crippen LogP contribution is -2.59. The number of nitrogens with one attached hydrogen (secondary N) is 1. The van der Waals surface area contributed by atoms with Gasteiger partial charge in [-0.25, -0.2) is 4.79 Å². The van der Waals surface area contributed by atoms with Crippen LogP contribution in [0, 0.1) is 5.92 Å². The zero-order chi connectivity index (χ0) is 21.1. The first kappa shape index (κ1) is 22.2. The van der Waals surface area contributed by atoms with Crippen LogP contribution in [0.25, 0.3) is 0 Å². The normalized spacial score (nSPS) is 16.4. The molecule has 1 heterocycles. The molecule has 29 heavy (non-hydrogen) atoms. The predicted octanol–water partition coefficient (Wildman–Crippen LogP) is 5.12. The molecule has 0 aromatic heterocycles. The molecular formula is C21H23Cl3N2O3. The van der Waals surface area contributed by atoms with Gasteiger partial charge in [0.15, 0.2) is 0 Å². The zero-order valence-electron chi connectivity index (χ0n) is 16.1. The summed E-state index contributed by atoms with van der Waals surface area (Å²) < 4.78 is 6.30. The third-order valence-corrected chi connectivity index (χ3v) is 5.60. The molecule has 2 aromatic rings. The second-order valence-corrected chi connectivity index (χ2v) is 8.68. The van der Waals surface area contributed by atoms with Crippen LogP contribution in [0.1, 0.15) is 31.1 Å². The number of carbonyl (C=O) groups is 1. The average Bonchev–Trinajstić information content (AvgIpc) is 2.62. The Bertz CT molecular complexity index is 855. The van der Waals surface area contributed by atoms with Crippen molar-refractivity contribution in [2.75, 3.05) is 13.1 Å². The molecule has 3 rings (SSSR count). The van der Waals surface area contributed by atoms with E-state index in [1.807, 2.05) is 32.0 Å². The number of aliphatic hydroxyl groups excluding tert-OH is 1. The Hall–Kier alpha value is -1.50. The monoisotopic (exact) mass is 456 g/mol. The fraction of sp³-hybridized carbons (Fsp3) is 0.381. The SMILES string of the molecule is CC(C)C(O)NC(=O)N1CC(OC(c2ccc(Cl)cc2)c2ccc(Cl)cc2Cl)C1. The zero-order valence-corrected chi connectivity index (χ0v) is 18.4. The number of amides is 2. The maximum atomic E-state index is 12.2. The summed E-state index contributed by atoms with van der Waals surface area (Å²) in [5.74, 6) is -0.0615. The van der Waals surface area contributed by atoms with E-state index in [-0.39, 0.29) is 18.1 Å². The Morgan fingerprint density at radius 1 is 1.10 bits per heavy atom. The number of rotatable bonds is 6. The Morgan fingerprint density at radius 3 is 2.31 bits per heavy atom. The van der Waals surface area contributed by atoms with E-state index < -0.39 is 12.3 Å². The number of hydrogen-bond donors (Lipinski definition) is 2.